The zero-order valence-corrected chi connectivity index (χ0v) is 12.3. The molecule has 18 heavy (non-hydrogen) atoms. The third kappa shape index (κ3) is 5.92. The minimum atomic E-state index is -2.02. The third-order valence-electron chi connectivity index (χ3n) is 3.45. The molecule has 0 spiro atoms. The lowest BCUT2D eigenvalue weighted by Crippen LogP contribution is -2.44. The highest BCUT2D eigenvalue weighted by Gasteiger charge is 2.45. The molecule has 0 aliphatic carbocycles. The topological polar surface area (TPSA) is 17.1 Å². The Morgan fingerprint density at radius 3 is 1.44 bits per heavy atom. The van der Waals surface area contributed by atoms with Crippen LogP contribution in [0.5, 0.6) is 0 Å². The summed E-state index contributed by atoms with van der Waals surface area (Å²) in [5.74, 6) is -0.873. The lowest BCUT2D eigenvalue weighted by atomic mass is 9.84. The van der Waals surface area contributed by atoms with Gasteiger partial charge < -0.3 is 0 Å². The van der Waals surface area contributed by atoms with Crippen molar-refractivity contribution in [2.24, 2.45) is 0 Å². The van der Waals surface area contributed by atoms with E-state index in [0.29, 0.717) is 12.8 Å². The van der Waals surface area contributed by atoms with Crippen molar-refractivity contribution in [1.82, 2.24) is 0 Å². The average Bonchev–Trinajstić information content (AvgIpc) is 2.28. The highest BCUT2D eigenvalue weighted by Crippen LogP contribution is 2.31. The Kier molecular flexibility index (Phi) is 7.65. The van der Waals surface area contributed by atoms with E-state index in [2.05, 4.69) is 0 Å². The summed E-state index contributed by atoms with van der Waals surface area (Å²) in [6, 6.07) is 0. The van der Waals surface area contributed by atoms with Gasteiger partial charge in [-0.3, -0.25) is 4.79 Å². The molecule has 2 atom stereocenters. The fraction of sp³-hybridized carbons (Fsp3) is 0.933. The van der Waals surface area contributed by atoms with Crippen molar-refractivity contribution in [2.45, 2.75) is 90.4 Å². The smallest absolute Gasteiger partial charge is 0.206 e. The summed E-state index contributed by atoms with van der Waals surface area (Å²) in [5, 5.41) is 0. The second-order valence-electron chi connectivity index (χ2n) is 5.64. The number of alkyl halides is 2. The van der Waals surface area contributed by atoms with Crippen LogP contribution in [0.2, 0.25) is 0 Å². The number of carbonyl (C=O) groups excluding carboxylic acids is 1. The van der Waals surface area contributed by atoms with Gasteiger partial charge >= 0.3 is 0 Å². The molecule has 0 radical (unpaired) electrons. The van der Waals surface area contributed by atoms with Crippen LogP contribution >= 0.6 is 0 Å². The average molecular weight is 262 g/mol. The SMILES string of the molecule is CCCCCC(C)(F)C(=O)C(C)(F)CCCCC. The summed E-state index contributed by atoms with van der Waals surface area (Å²) < 4.78 is 28.4. The first-order valence-electron chi connectivity index (χ1n) is 7.20. The maximum atomic E-state index is 14.2. The first kappa shape index (κ1) is 17.5. The van der Waals surface area contributed by atoms with E-state index in [1.54, 1.807) is 0 Å². The number of unbranched alkanes of at least 4 members (excludes halogenated alkanes) is 4. The number of hydrogen-bond acceptors (Lipinski definition) is 1. The first-order valence-corrected chi connectivity index (χ1v) is 7.20. The highest BCUT2D eigenvalue weighted by molar-refractivity contribution is 5.93. The van der Waals surface area contributed by atoms with Gasteiger partial charge in [0.05, 0.1) is 0 Å². The summed E-state index contributed by atoms with van der Waals surface area (Å²) in [4.78, 5) is 11.9. The highest BCUT2D eigenvalue weighted by atomic mass is 19.2. The molecule has 0 aliphatic rings. The van der Waals surface area contributed by atoms with E-state index in [9.17, 15) is 13.6 Å². The fourth-order valence-corrected chi connectivity index (χ4v) is 2.18. The quantitative estimate of drug-likeness (QED) is 0.496. The normalized spacial score (nSPS) is 18.1. The molecule has 2 unspecified atom stereocenters. The van der Waals surface area contributed by atoms with Crippen molar-refractivity contribution < 1.29 is 13.6 Å². The Morgan fingerprint density at radius 2 is 1.17 bits per heavy atom. The Bertz CT molecular complexity index is 223. The van der Waals surface area contributed by atoms with Crippen LogP contribution in [0.25, 0.3) is 0 Å². The lowest BCUT2D eigenvalue weighted by molar-refractivity contribution is -0.142. The molecule has 108 valence electrons. The Labute approximate surface area is 110 Å². The zero-order chi connectivity index (χ0) is 14.2. The second kappa shape index (κ2) is 7.85. The maximum absolute atomic E-state index is 14.2. The van der Waals surface area contributed by atoms with Crippen LogP contribution in [-0.4, -0.2) is 17.1 Å². The Balaban J connectivity index is 4.38. The first-order chi connectivity index (χ1) is 8.28. The van der Waals surface area contributed by atoms with Crippen LogP contribution in [0.4, 0.5) is 8.78 Å². The van der Waals surface area contributed by atoms with Gasteiger partial charge in [0.1, 0.15) is 0 Å². The largest absolute Gasteiger partial charge is 0.292 e. The molecule has 1 nitrogen and oxygen atoms in total. The van der Waals surface area contributed by atoms with Crippen LogP contribution in [0.3, 0.4) is 0 Å². The number of ketones is 1. The molecular weight excluding hydrogens is 234 g/mol. The minimum absolute atomic E-state index is 0.132. The van der Waals surface area contributed by atoms with Gasteiger partial charge in [-0.15, -0.1) is 0 Å². The number of carbonyl (C=O) groups is 1. The second-order valence-corrected chi connectivity index (χ2v) is 5.64. The zero-order valence-electron chi connectivity index (χ0n) is 12.3. The molecule has 0 amide bonds. The van der Waals surface area contributed by atoms with Crippen molar-refractivity contribution in [3.05, 3.63) is 0 Å². The number of rotatable bonds is 10. The van der Waals surface area contributed by atoms with Crippen LogP contribution < -0.4 is 0 Å². The standard InChI is InChI=1S/C15H28F2O/c1-5-7-9-11-14(3,16)13(18)15(4,17)12-10-8-6-2/h5-12H2,1-4H3. The molecule has 0 bridgehead atoms. The van der Waals surface area contributed by atoms with Crippen molar-refractivity contribution in [2.75, 3.05) is 0 Å². The summed E-state index contributed by atoms with van der Waals surface area (Å²) in [7, 11) is 0. The van der Waals surface area contributed by atoms with Gasteiger partial charge in [0.25, 0.3) is 0 Å². The minimum Gasteiger partial charge on any atom is -0.292 e. The molecule has 0 aromatic rings. The van der Waals surface area contributed by atoms with E-state index in [1.165, 1.54) is 13.8 Å². The van der Waals surface area contributed by atoms with Gasteiger partial charge in [0, 0.05) is 0 Å². The summed E-state index contributed by atoms with van der Waals surface area (Å²) in [6.45, 7) is 6.48. The number of halogens is 2. The molecule has 0 N–H and O–H groups in total. The van der Waals surface area contributed by atoms with E-state index in [-0.39, 0.29) is 12.8 Å². The van der Waals surface area contributed by atoms with Crippen molar-refractivity contribution >= 4 is 5.78 Å². The van der Waals surface area contributed by atoms with E-state index in [1.807, 2.05) is 13.8 Å². The van der Waals surface area contributed by atoms with Crippen LogP contribution in [0.15, 0.2) is 0 Å². The van der Waals surface area contributed by atoms with Gasteiger partial charge in [-0.1, -0.05) is 39.5 Å². The van der Waals surface area contributed by atoms with Gasteiger partial charge in [-0.25, -0.2) is 8.78 Å². The predicted octanol–water partition coefficient (Wildman–Crippen LogP) is 5.17. The Hall–Kier alpha value is -0.470. The summed E-state index contributed by atoms with van der Waals surface area (Å²) >= 11 is 0. The molecule has 0 aliphatic heterocycles. The number of hydrogen-bond donors (Lipinski definition) is 0. The van der Waals surface area contributed by atoms with Crippen LogP contribution in [0.1, 0.15) is 79.1 Å². The van der Waals surface area contributed by atoms with E-state index in [4.69, 9.17) is 0 Å². The van der Waals surface area contributed by atoms with Gasteiger partial charge in [0.2, 0.25) is 5.78 Å². The monoisotopic (exact) mass is 262 g/mol. The molecule has 0 rings (SSSR count). The lowest BCUT2D eigenvalue weighted by Gasteiger charge is -2.27. The molecule has 0 aromatic carbocycles. The van der Waals surface area contributed by atoms with Gasteiger partial charge in [-0.05, 0) is 39.5 Å². The van der Waals surface area contributed by atoms with E-state index >= 15 is 0 Å². The van der Waals surface area contributed by atoms with E-state index in [0.717, 1.165) is 25.7 Å². The summed E-state index contributed by atoms with van der Waals surface area (Å²) in [6.07, 6.45) is 5.24. The van der Waals surface area contributed by atoms with Crippen molar-refractivity contribution in [3.8, 4) is 0 Å². The third-order valence-corrected chi connectivity index (χ3v) is 3.45. The molecule has 0 fully saturated rings. The van der Waals surface area contributed by atoms with Gasteiger partial charge in [-0.2, -0.15) is 0 Å². The Morgan fingerprint density at radius 1 is 0.833 bits per heavy atom. The van der Waals surface area contributed by atoms with E-state index < -0.39 is 17.1 Å². The van der Waals surface area contributed by atoms with Crippen molar-refractivity contribution in [1.29, 1.82) is 0 Å². The van der Waals surface area contributed by atoms with Crippen LogP contribution in [0, 0.1) is 0 Å². The molecule has 3 heteroatoms. The van der Waals surface area contributed by atoms with Gasteiger partial charge in [0.15, 0.2) is 11.3 Å². The molecule has 0 saturated heterocycles. The number of Topliss-reactive ketones (excluding diaryl/α,β-unsaturated/α-hetero) is 1. The predicted molar refractivity (Wildman–Crippen MR) is 72.3 cm³/mol. The molecule has 0 saturated carbocycles. The molecular formula is C15H28F2O. The maximum Gasteiger partial charge on any atom is 0.206 e. The summed E-state index contributed by atoms with van der Waals surface area (Å²) in [5.41, 5.74) is -4.05. The molecule has 0 heterocycles. The van der Waals surface area contributed by atoms with Crippen LogP contribution in [-0.2, 0) is 4.79 Å². The molecule has 0 aromatic heterocycles. The van der Waals surface area contributed by atoms with Crippen molar-refractivity contribution in [3.63, 3.8) is 0 Å². The fourth-order valence-electron chi connectivity index (χ4n) is 2.18.